The van der Waals surface area contributed by atoms with Crippen LogP contribution >= 0.6 is 0 Å². The molecule has 4 nitrogen and oxygen atoms in total. The lowest BCUT2D eigenvalue weighted by Gasteiger charge is -2.34. The lowest BCUT2D eigenvalue weighted by Crippen LogP contribution is -2.48. The predicted molar refractivity (Wildman–Crippen MR) is 130 cm³/mol. The van der Waals surface area contributed by atoms with Gasteiger partial charge in [0.1, 0.15) is 5.75 Å². The number of benzene rings is 3. The molecule has 184 valence electrons. The smallest absolute Gasteiger partial charge is 0.416 e. The highest BCUT2D eigenvalue weighted by Gasteiger charge is 2.31. The normalized spacial score (nSPS) is 16.6. The minimum Gasteiger partial charge on any atom is -0.496 e. The van der Waals surface area contributed by atoms with Crippen molar-refractivity contribution in [3.8, 4) is 16.9 Å². The van der Waals surface area contributed by atoms with Gasteiger partial charge in [-0.05, 0) is 54.3 Å². The van der Waals surface area contributed by atoms with E-state index < -0.39 is 11.7 Å². The number of alkyl halides is 3. The van der Waals surface area contributed by atoms with Gasteiger partial charge >= 0.3 is 6.18 Å². The van der Waals surface area contributed by atoms with Gasteiger partial charge in [-0.3, -0.25) is 9.69 Å². The number of carbonyl (C=O) groups is 1. The predicted octanol–water partition coefficient (Wildman–Crippen LogP) is 6.05. The zero-order chi connectivity index (χ0) is 24.8. The molecule has 3 aromatic rings. The first-order chi connectivity index (χ1) is 16.8. The second kappa shape index (κ2) is 11.0. The maximum absolute atomic E-state index is 13.0. The van der Waals surface area contributed by atoms with E-state index in [1.807, 2.05) is 24.3 Å². The molecule has 1 unspecified atom stereocenters. The average molecular weight is 483 g/mol. The number of carbonyl (C=O) groups excluding carboxylic acids is 1. The maximum Gasteiger partial charge on any atom is 0.416 e. The minimum absolute atomic E-state index is 0.0701. The molecule has 1 fully saturated rings. The fourth-order valence-electron chi connectivity index (χ4n) is 4.55. The monoisotopic (exact) mass is 482 g/mol. The van der Waals surface area contributed by atoms with Crippen LogP contribution in [0, 0.1) is 0 Å². The lowest BCUT2D eigenvalue weighted by atomic mass is 9.99. The molecule has 1 aliphatic rings. The van der Waals surface area contributed by atoms with Crippen LogP contribution in [-0.4, -0.2) is 30.5 Å². The van der Waals surface area contributed by atoms with Crippen molar-refractivity contribution >= 4 is 5.91 Å². The molecule has 0 bridgehead atoms. The second-order valence-corrected chi connectivity index (χ2v) is 8.80. The average Bonchev–Trinajstić information content (AvgIpc) is 2.88. The first kappa shape index (κ1) is 24.8. The second-order valence-electron chi connectivity index (χ2n) is 8.80. The Morgan fingerprint density at radius 1 is 1.00 bits per heavy atom. The van der Waals surface area contributed by atoms with Gasteiger partial charge in [-0.25, -0.2) is 0 Å². The summed E-state index contributed by atoms with van der Waals surface area (Å²) >= 11 is 0. The summed E-state index contributed by atoms with van der Waals surface area (Å²) in [6.07, 6.45) is -1.71. The molecule has 0 saturated carbocycles. The van der Waals surface area contributed by atoms with Gasteiger partial charge in [0.25, 0.3) is 0 Å². The van der Waals surface area contributed by atoms with Crippen LogP contribution in [0.5, 0.6) is 5.75 Å². The van der Waals surface area contributed by atoms with Crippen LogP contribution in [0.4, 0.5) is 13.2 Å². The number of para-hydroxylation sites is 1. The van der Waals surface area contributed by atoms with E-state index in [2.05, 4.69) is 34.5 Å². The summed E-state index contributed by atoms with van der Waals surface area (Å²) in [4.78, 5) is 15.1. The van der Waals surface area contributed by atoms with Crippen LogP contribution in [0.15, 0.2) is 72.8 Å². The minimum atomic E-state index is -4.40. The van der Waals surface area contributed by atoms with Gasteiger partial charge < -0.3 is 10.1 Å². The first-order valence-corrected chi connectivity index (χ1v) is 11.8. The van der Waals surface area contributed by atoms with E-state index in [1.54, 1.807) is 13.2 Å². The Hall–Kier alpha value is -3.32. The molecule has 1 amide bonds. The van der Waals surface area contributed by atoms with Crippen molar-refractivity contribution < 1.29 is 22.7 Å². The Bertz CT molecular complexity index is 1150. The van der Waals surface area contributed by atoms with Gasteiger partial charge in [-0.2, -0.15) is 13.2 Å². The van der Waals surface area contributed by atoms with E-state index in [4.69, 9.17) is 4.74 Å². The summed E-state index contributed by atoms with van der Waals surface area (Å²) in [5, 5.41) is 2.84. The van der Waals surface area contributed by atoms with Gasteiger partial charge in [0, 0.05) is 18.7 Å². The zero-order valence-corrected chi connectivity index (χ0v) is 19.6. The molecule has 1 saturated heterocycles. The van der Waals surface area contributed by atoms with Gasteiger partial charge in [0.05, 0.1) is 18.7 Å². The molecule has 4 rings (SSSR count). The molecule has 1 aliphatic heterocycles. The van der Waals surface area contributed by atoms with E-state index in [1.165, 1.54) is 6.07 Å². The Labute approximate surface area is 203 Å². The molecule has 35 heavy (non-hydrogen) atoms. The van der Waals surface area contributed by atoms with Crippen molar-refractivity contribution in [2.24, 2.45) is 0 Å². The summed E-state index contributed by atoms with van der Waals surface area (Å²) in [6.45, 7) is 1.50. The third kappa shape index (κ3) is 6.22. The quantitative estimate of drug-likeness (QED) is 0.446. The number of hydrogen-bond donors (Lipinski definition) is 1. The number of ether oxygens (including phenoxy) is 1. The van der Waals surface area contributed by atoms with Crippen LogP contribution in [0.3, 0.4) is 0 Å². The number of rotatable bonds is 7. The van der Waals surface area contributed by atoms with Crippen LogP contribution < -0.4 is 10.1 Å². The number of methoxy groups -OCH3 is 1. The molecule has 7 heteroatoms. The first-order valence-electron chi connectivity index (χ1n) is 11.8. The van der Waals surface area contributed by atoms with Crippen LogP contribution in [0.1, 0.15) is 36.0 Å². The van der Waals surface area contributed by atoms with E-state index in [-0.39, 0.29) is 18.5 Å². The molecule has 0 radical (unpaired) electrons. The van der Waals surface area contributed by atoms with E-state index in [0.29, 0.717) is 12.1 Å². The van der Waals surface area contributed by atoms with Gasteiger partial charge in [-0.15, -0.1) is 0 Å². The highest BCUT2D eigenvalue weighted by molar-refractivity contribution is 5.81. The Morgan fingerprint density at radius 3 is 2.51 bits per heavy atom. The van der Waals surface area contributed by atoms with Crippen molar-refractivity contribution in [2.45, 2.75) is 44.6 Å². The molecule has 1 atom stereocenters. The van der Waals surface area contributed by atoms with Gasteiger partial charge in [-0.1, -0.05) is 61.0 Å². The molecule has 0 aliphatic carbocycles. The maximum atomic E-state index is 13.0. The number of amides is 1. The number of hydrogen-bond acceptors (Lipinski definition) is 3. The SMILES string of the molecule is COc1ccccc1-c1ccc(CN2CCCCC2C(=O)NCc2cccc(C(F)(F)F)c2)cc1. The summed E-state index contributed by atoms with van der Waals surface area (Å²) in [6, 6.07) is 20.9. The van der Waals surface area contributed by atoms with Crippen LogP contribution in [0.2, 0.25) is 0 Å². The zero-order valence-electron chi connectivity index (χ0n) is 19.6. The number of halogens is 3. The number of nitrogens with zero attached hydrogens (tertiary/aromatic N) is 1. The van der Waals surface area contributed by atoms with Crippen LogP contribution in [0.25, 0.3) is 11.1 Å². The fraction of sp³-hybridized carbons (Fsp3) is 0.321. The van der Waals surface area contributed by atoms with Gasteiger partial charge in [0.15, 0.2) is 0 Å². The number of likely N-dealkylation sites (tertiary alicyclic amines) is 1. The van der Waals surface area contributed by atoms with E-state index in [9.17, 15) is 18.0 Å². The molecular formula is C28H29F3N2O2. The molecule has 0 aromatic heterocycles. The number of nitrogens with one attached hydrogen (secondary N) is 1. The van der Waals surface area contributed by atoms with E-state index in [0.717, 1.165) is 60.4 Å². The Morgan fingerprint density at radius 2 is 1.77 bits per heavy atom. The fourth-order valence-corrected chi connectivity index (χ4v) is 4.55. The van der Waals surface area contributed by atoms with E-state index >= 15 is 0 Å². The van der Waals surface area contributed by atoms with Gasteiger partial charge in [0.2, 0.25) is 5.91 Å². The molecule has 1 heterocycles. The largest absolute Gasteiger partial charge is 0.496 e. The van der Waals surface area contributed by atoms with Crippen molar-refractivity contribution in [2.75, 3.05) is 13.7 Å². The van der Waals surface area contributed by atoms with Crippen LogP contribution in [-0.2, 0) is 24.1 Å². The van der Waals surface area contributed by atoms with Crippen molar-refractivity contribution in [1.82, 2.24) is 10.2 Å². The topological polar surface area (TPSA) is 41.6 Å². The third-order valence-electron chi connectivity index (χ3n) is 6.39. The Balaban J connectivity index is 1.40. The third-order valence-corrected chi connectivity index (χ3v) is 6.39. The summed E-state index contributed by atoms with van der Waals surface area (Å²) in [7, 11) is 1.65. The van der Waals surface area contributed by atoms with Crippen molar-refractivity contribution in [3.05, 3.63) is 89.5 Å². The highest BCUT2D eigenvalue weighted by atomic mass is 19.4. The Kier molecular flexibility index (Phi) is 7.76. The van der Waals surface area contributed by atoms with Crippen molar-refractivity contribution in [1.29, 1.82) is 0 Å². The molecule has 3 aromatic carbocycles. The van der Waals surface area contributed by atoms with Crippen molar-refractivity contribution in [3.63, 3.8) is 0 Å². The highest BCUT2D eigenvalue weighted by Crippen LogP contribution is 2.31. The number of piperidine rings is 1. The summed E-state index contributed by atoms with van der Waals surface area (Å²) in [5.74, 6) is 0.668. The molecular weight excluding hydrogens is 453 g/mol. The molecule has 1 N–H and O–H groups in total. The summed E-state index contributed by atoms with van der Waals surface area (Å²) < 4.78 is 44.4. The standard InChI is InChI=1S/C28H29F3N2O2/c1-35-26-11-3-2-9-24(26)22-14-12-20(13-15-22)19-33-16-5-4-10-25(33)27(34)32-18-21-7-6-8-23(17-21)28(29,30)31/h2-3,6-9,11-15,17,25H,4-5,10,16,18-19H2,1H3,(H,32,34). The molecule has 0 spiro atoms. The summed E-state index contributed by atoms with van der Waals surface area (Å²) in [5.41, 5.74) is 2.90. The lowest BCUT2D eigenvalue weighted by molar-refractivity contribution is -0.137.